The normalized spacial score (nSPS) is 12.9. The van der Waals surface area contributed by atoms with Crippen LogP contribution in [0.15, 0.2) is 18.3 Å². The number of aryl methyl sites for hydroxylation is 2. The number of pyridine rings is 1. The van der Waals surface area contributed by atoms with Crippen LogP contribution in [0, 0.1) is 19.8 Å². The molecule has 0 saturated heterocycles. The lowest BCUT2D eigenvalue weighted by molar-refractivity contribution is 0.392. The molecule has 0 saturated carbocycles. The number of rotatable bonds is 6. The largest absolute Gasteiger partial charge is 0.314 e. The van der Waals surface area contributed by atoms with E-state index in [0.717, 1.165) is 23.9 Å². The third kappa shape index (κ3) is 3.47. The van der Waals surface area contributed by atoms with E-state index in [4.69, 9.17) is 0 Å². The van der Waals surface area contributed by atoms with Crippen molar-refractivity contribution in [2.45, 2.75) is 53.8 Å². The van der Waals surface area contributed by atoms with Crippen molar-refractivity contribution in [2.75, 3.05) is 0 Å². The quantitative estimate of drug-likeness (QED) is 0.887. The van der Waals surface area contributed by atoms with Gasteiger partial charge in [0.2, 0.25) is 0 Å². The van der Waals surface area contributed by atoms with Crippen LogP contribution < -0.4 is 5.32 Å². The van der Waals surface area contributed by atoms with Crippen molar-refractivity contribution in [3.63, 3.8) is 0 Å². The summed E-state index contributed by atoms with van der Waals surface area (Å²) in [6.07, 6.45) is 1.86. The SMILES string of the molecule is CCn1c(C)nnc1CNC(c1ncccc1C)C(C)C. The Labute approximate surface area is 126 Å². The van der Waals surface area contributed by atoms with Crippen LogP contribution in [0.25, 0.3) is 0 Å². The van der Waals surface area contributed by atoms with Crippen LogP contribution in [-0.2, 0) is 13.1 Å². The van der Waals surface area contributed by atoms with E-state index in [1.54, 1.807) is 0 Å². The van der Waals surface area contributed by atoms with Crippen LogP contribution in [0.2, 0.25) is 0 Å². The van der Waals surface area contributed by atoms with Gasteiger partial charge in [-0.05, 0) is 38.3 Å². The highest BCUT2D eigenvalue weighted by atomic mass is 15.3. The van der Waals surface area contributed by atoms with Gasteiger partial charge in [-0.15, -0.1) is 10.2 Å². The first-order valence-electron chi connectivity index (χ1n) is 7.58. The molecule has 1 unspecified atom stereocenters. The molecule has 114 valence electrons. The van der Waals surface area contributed by atoms with Crippen LogP contribution in [-0.4, -0.2) is 19.7 Å². The second-order valence-corrected chi connectivity index (χ2v) is 5.72. The molecule has 2 heterocycles. The predicted octanol–water partition coefficient (Wildman–Crippen LogP) is 2.80. The minimum atomic E-state index is 0.216. The zero-order chi connectivity index (χ0) is 15.4. The summed E-state index contributed by atoms with van der Waals surface area (Å²) < 4.78 is 2.13. The number of nitrogens with one attached hydrogen (secondary N) is 1. The summed E-state index contributed by atoms with van der Waals surface area (Å²) in [7, 11) is 0. The Hall–Kier alpha value is -1.75. The van der Waals surface area contributed by atoms with Crippen molar-refractivity contribution in [1.29, 1.82) is 0 Å². The smallest absolute Gasteiger partial charge is 0.147 e. The molecular formula is C16H25N5. The summed E-state index contributed by atoms with van der Waals surface area (Å²) in [5.74, 6) is 2.40. The van der Waals surface area contributed by atoms with E-state index in [1.165, 1.54) is 5.56 Å². The Morgan fingerprint density at radius 3 is 2.62 bits per heavy atom. The van der Waals surface area contributed by atoms with Gasteiger partial charge in [0.05, 0.1) is 18.3 Å². The maximum atomic E-state index is 4.55. The molecule has 0 radical (unpaired) electrons. The van der Waals surface area contributed by atoms with Gasteiger partial charge in [-0.25, -0.2) is 0 Å². The molecule has 0 aliphatic carbocycles. The Balaban J connectivity index is 2.16. The molecule has 2 aromatic rings. The van der Waals surface area contributed by atoms with Crippen molar-refractivity contribution in [1.82, 2.24) is 25.1 Å². The van der Waals surface area contributed by atoms with Crippen LogP contribution in [0.1, 0.15) is 49.7 Å². The van der Waals surface area contributed by atoms with Crippen LogP contribution >= 0.6 is 0 Å². The highest BCUT2D eigenvalue weighted by Gasteiger charge is 2.19. The maximum Gasteiger partial charge on any atom is 0.147 e. The molecular weight excluding hydrogens is 262 g/mol. The topological polar surface area (TPSA) is 55.6 Å². The van der Waals surface area contributed by atoms with Crippen molar-refractivity contribution in [3.05, 3.63) is 41.2 Å². The summed E-state index contributed by atoms with van der Waals surface area (Å²) in [4.78, 5) is 4.55. The lowest BCUT2D eigenvalue weighted by atomic mass is 9.97. The Morgan fingerprint density at radius 2 is 2.00 bits per heavy atom. The van der Waals surface area contributed by atoms with Crippen LogP contribution in [0.4, 0.5) is 0 Å². The molecule has 2 rings (SSSR count). The third-order valence-electron chi connectivity index (χ3n) is 3.82. The second kappa shape index (κ2) is 6.80. The summed E-state index contributed by atoms with van der Waals surface area (Å²) in [5, 5.41) is 12.0. The monoisotopic (exact) mass is 287 g/mol. The molecule has 0 aromatic carbocycles. The van der Waals surface area contributed by atoms with Crippen LogP contribution in [0.5, 0.6) is 0 Å². The van der Waals surface area contributed by atoms with E-state index in [-0.39, 0.29) is 6.04 Å². The maximum absolute atomic E-state index is 4.55. The highest BCUT2D eigenvalue weighted by molar-refractivity contribution is 5.21. The molecule has 0 amide bonds. The fraction of sp³-hybridized carbons (Fsp3) is 0.562. The lowest BCUT2D eigenvalue weighted by Crippen LogP contribution is -2.28. The molecule has 0 aliphatic heterocycles. The molecule has 0 spiro atoms. The first-order chi connectivity index (χ1) is 10.0. The molecule has 1 N–H and O–H groups in total. The van der Waals surface area contributed by atoms with E-state index >= 15 is 0 Å². The van der Waals surface area contributed by atoms with Crippen molar-refractivity contribution < 1.29 is 0 Å². The number of nitrogens with zero attached hydrogens (tertiary/aromatic N) is 4. The van der Waals surface area contributed by atoms with Gasteiger partial charge in [0.15, 0.2) is 0 Å². The highest BCUT2D eigenvalue weighted by Crippen LogP contribution is 2.22. The average molecular weight is 287 g/mol. The van der Waals surface area contributed by atoms with E-state index in [1.807, 2.05) is 19.2 Å². The van der Waals surface area contributed by atoms with Gasteiger partial charge >= 0.3 is 0 Å². The fourth-order valence-corrected chi connectivity index (χ4v) is 2.64. The molecule has 5 nitrogen and oxygen atoms in total. The number of aromatic nitrogens is 4. The van der Waals surface area contributed by atoms with Crippen molar-refractivity contribution in [3.8, 4) is 0 Å². The first-order valence-corrected chi connectivity index (χ1v) is 7.58. The fourth-order valence-electron chi connectivity index (χ4n) is 2.64. The van der Waals surface area contributed by atoms with Crippen molar-refractivity contribution >= 4 is 0 Å². The van der Waals surface area contributed by atoms with Gasteiger partial charge in [0.1, 0.15) is 11.6 Å². The molecule has 0 fully saturated rings. The number of hydrogen-bond acceptors (Lipinski definition) is 4. The molecule has 2 aromatic heterocycles. The zero-order valence-corrected chi connectivity index (χ0v) is 13.6. The zero-order valence-electron chi connectivity index (χ0n) is 13.6. The van der Waals surface area contributed by atoms with Crippen LogP contribution in [0.3, 0.4) is 0 Å². The van der Waals surface area contributed by atoms with E-state index in [2.05, 4.69) is 58.8 Å². The Morgan fingerprint density at radius 1 is 1.24 bits per heavy atom. The Bertz CT molecular complexity index is 588. The van der Waals surface area contributed by atoms with E-state index in [0.29, 0.717) is 12.5 Å². The Kier molecular flexibility index (Phi) is 5.07. The number of hydrogen-bond donors (Lipinski definition) is 1. The van der Waals surface area contributed by atoms with E-state index in [9.17, 15) is 0 Å². The molecule has 5 heteroatoms. The third-order valence-corrected chi connectivity index (χ3v) is 3.82. The summed E-state index contributed by atoms with van der Waals surface area (Å²) >= 11 is 0. The summed E-state index contributed by atoms with van der Waals surface area (Å²) in [6.45, 7) is 12.2. The van der Waals surface area contributed by atoms with Gasteiger partial charge in [-0.2, -0.15) is 0 Å². The predicted molar refractivity (Wildman–Crippen MR) is 83.8 cm³/mol. The molecule has 0 bridgehead atoms. The first kappa shape index (κ1) is 15.6. The van der Waals surface area contributed by atoms with Gasteiger partial charge in [-0.1, -0.05) is 19.9 Å². The molecule has 21 heavy (non-hydrogen) atoms. The van der Waals surface area contributed by atoms with Gasteiger partial charge < -0.3 is 9.88 Å². The van der Waals surface area contributed by atoms with Crippen molar-refractivity contribution in [2.24, 2.45) is 5.92 Å². The average Bonchev–Trinajstić information content (AvgIpc) is 2.81. The van der Waals surface area contributed by atoms with Gasteiger partial charge in [-0.3, -0.25) is 4.98 Å². The summed E-state index contributed by atoms with van der Waals surface area (Å²) in [5.41, 5.74) is 2.34. The molecule has 0 aliphatic rings. The summed E-state index contributed by atoms with van der Waals surface area (Å²) in [6, 6.07) is 4.30. The standard InChI is InChI=1S/C16H25N5/c1-6-21-13(5)19-20-14(21)10-18-15(11(2)3)16-12(4)8-7-9-17-16/h7-9,11,15,18H,6,10H2,1-5H3. The van der Waals surface area contributed by atoms with Gasteiger partial charge in [0, 0.05) is 12.7 Å². The van der Waals surface area contributed by atoms with E-state index < -0.39 is 0 Å². The minimum absolute atomic E-state index is 0.216. The molecule has 1 atom stereocenters. The minimum Gasteiger partial charge on any atom is -0.314 e. The second-order valence-electron chi connectivity index (χ2n) is 5.72. The van der Waals surface area contributed by atoms with Gasteiger partial charge in [0.25, 0.3) is 0 Å². The lowest BCUT2D eigenvalue weighted by Gasteiger charge is -2.23.